The molecule has 0 spiro atoms. The highest BCUT2D eigenvalue weighted by atomic mass is 16.5. The van der Waals surface area contributed by atoms with E-state index in [1.807, 2.05) is 26.8 Å². The monoisotopic (exact) mass is 268 g/mol. The zero-order chi connectivity index (χ0) is 13.9. The van der Waals surface area contributed by atoms with Gasteiger partial charge in [-0.05, 0) is 20.8 Å². The Morgan fingerprint density at radius 2 is 1.68 bits per heavy atom. The summed E-state index contributed by atoms with van der Waals surface area (Å²) in [4.78, 5) is 8.79. The lowest BCUT2D eigenvalue weighted by Gasteiger charge is -2.10. The van der Waals surface area contributed by atoms with Crippen LogP contribution in [0.1, 0.15) is 26.6 Å². The lowest BCUT2D eigenvalue weighted by atomic mass is 10.4. The number of ether oxygens (including phenoxy) is 2. The van der Waals surface area contributed by atoms with Crippen LogP contribution in [-0.4, -0.2) is 42.9 Å². The first-order valence-electron chi connectivity index (χ1n) is 6.81. The standard InChI is InChI=1S/C13H24N4O2/c1-4-14-11-9-12(15-7-8-18-5-2)17-13(16-11)10-19-6-3/h9H,4-8,10H2,1-3H3,(H2,14,15,16,17). The quantitative estimate of drug-likeness (QED) is 0.632. The van der Waals surface area contributed by atoms with E-state index in [0.717, 1.165) is 31.3 Å². The van der Waals surface area contributed by atoms with Crippen LogP contribution in [0.2, 0.25) is 0 Å². The normalized spacial score (nSPS) is 10.5. The number of nitrogens with zero attached hydrogens (tertiary/aromatic N) is 2. The van der Waals surface area contributed by atoms with Gasteiger partial charge >= 0.3 is 0 Å². The highest BCUT2D eigenvalue weighted by Crippen LogP contribution is 2.11. The van der Waals surface area contributed by atoms with Gasteiger partial charge in [0.25, 0.3) is 0 Å². The van der Waals surface area contributed by atoms with Gasteiger partial charge in [-0.25, -0.2) is 9.97 Å². The average Bonchev–Trinajstić information content (AvgIpc) is 2.42. The number of hydrogen-bond donors (Lipinski definition) is 2. The summed E-state index contributed by atoms with van der Waals surface area (Å²) in [5.74, 6) is 2.28. The Hall–Kier alpha value is -1.40. The minimum absolute atomic E-state index is 0.426. The molecule has 19 heavy (non-hydrogen) atoms. The predicted molar refractivity (Wildman–Crippen MR) is 76.5 cm³/mol. The molecule has 0 atom stereocenters. The minimum atomic E-state index is 0.426. The molecule has 0 aliphatic heterocycles. The summed E-state index contributed by atoms with van der Waals surface area (Å²) in [6.07, 6.45) is 0. The fraction of sp³-hybridized carbons (Fsp3) is 0.692. The summed E-state index contributed by atoms with van der Waals surface area (Å²) in [6.45, 7) is 9.99. The molecule has 0 unspecified atom stereocenters. The van der Waals surface area contributed by atoms with Gasteiger partial charge < -0.3 is 20.1 Å². The van der Waals surface area contributed by atoms with Gasteiger partial charge in [0.15, 0.2) is 5.82 Å². The Balaban J connectivity index is 2.63. The molecule has 0 bridgehead atoms. The molecule has 0 aliphatic rings. The van der Waals surface area contributed by atoms with Crippen molar-refractivity contribution in [3.63, 3.8) is 0 Å². The zero-order valence-corrected chi connectivity index (χ0v) is 12.0. The molecule has 108 valence electrons. The molecule has 1 rings (SSSR count). The molecule has 0 aliphatic carbocycles. The SMILES string of the molecule is CCNc1cc(NCCOCC)nc(COCC)n1. The molecular weight excluding hydrogens is 244 g/mol. The molecule has 0 fully saturated rings. The molecular formula is C13H24N4O2. The summed E-state index contributed by atoms with van der Waals surface area (Å²) in [7, 11) is 0. The van der Waals surface area contributed by atoms with Gasteiger partial charge in [-0.15, -0.1) is 0 Å². The molecule has 6 nitrogen and oxygen atoms in total. The van der Waals surface area contributed by atoms with E-state index in [1.165, 1.54) is 0 Å². The smallest absolute Gasteiger partial charge is 0.158 e. The average molecular weight is 268 g/mol. The Morgan fingerprint density at radius 3 is 2.32 bits per heavy atom. The van der Waals surface area contributed by atoms with Crippen LogP contribution in [0.5, 0.6) is 0 Å². The van der Waals surface area contributed by atoms with E-state index in [-0.39, 0.29) is 0 Å². The molecule has 2 N–H and O–H groups in total. The van der Waals surface area contributed by atoms with Crippen LogP contribution in [-0.2, 0) is 16.1 Å². The van der Waals surface area contributed by atoms with Crippen LogP contribution < -0.4 is 10.6 Å². The van der Waals surface area contributed by atoms with Gasteiger partial charge in [0.05, 0.1) is 6.61 Å². The minimum Gasteiger partial charge on any atom is -0.380 e. The maximum absolute atomic E-state index is 5.35. The van der Waals surface area contributed by atoms with Crippen molar-refractivity contribution in [2.75, 3.05) is 43.5 Å². The first-order valence-corrected chi connectivity index (χ1v) is 6.81. The molecule has 6 heteroatoms. The number of aromatic nitrogens is 2. The van der Waals surface area contributed by atoms with Crippen LogP contribution in [0.15, 0.2) is 6.07 Å². The molecule has 1 aromatic rings. The molecule has 0 saturated carbocycles. The molecule has 1 heterocycles. The van der Waals surface area contributed by atoms with Crippen LogP contribution in [0.25, 0.3) is 0 Å². The van der Waals surface area contributed by atoms with E-state index in [9.17, 15) is 0 Å². The van der Waals surface area contributed by atoms with E-state index in [0.29, 0.717) is 25.6 Å². The lowest BCUT2D eigenvalue weighted by Crippen LogP contribution is -2.13. The van der Waals surface area contributed by atoms with E-state index in [1.54, 1.807) is 0 Å². The molecule has 0 amide bonds. The van der Waals surface area contributed by atoms with Crippen molar-refractivity contribution in [3.05, 3.63) is 11.9 Å². The van der Waals surface area contributed by atoms with Gasteiger partial charge in [-0.3, -0.25) is 0 Å². The fourth-order valence-electron chi connectivity index (χ4n) is 1.51. The van der Waals surface area contributed by atoms with Crippen molar-refractivity contribution >= 4 is 11.6 Å². The van der Waals surface area contributed by atoms with Gasteiger partial charge in [0.2, 0.25) is 0 Å². The summed E-state index contributed by atoms with van der Waals surface area (Å²) < 4.78 is 10.6. The summed E-state index contributed by atoms with van der Waals surface area (Å²) >= 11 is 0. The largest absolute Gasteiger partial charge is 0.380 e. The maximum Gasteiger partial charge on any atom is 0.158 e. The van der Waals surface area contributed by atoms with Gasteiger partial charge in [-0.1, -0.05) is 0 Å². The number of rotatable bonds is 10. The van der Waals surface area contributed by atoms with Gasteiger partial charge in [0, 0.05) is 32.4 Å². The van der Waals surface area contributed by atoms with Crippen molar-refractivity contribution in [1.29, 1.82) is 0 Å². The molecule has 1 aromatic heterocycles. The van der Waals surface area contributed by atoms with Crippen LogP contribution in [0.4, 0.5) is 11.6 Å². The molecule has 0 saturated heterocycles. The molecule has 0 aromatic carbocycles. The number of anilines is 2. The van der Waals surface area contributed by atoms with E-state index in [4.69, 9.17) is 9.47 Å². The predicted octanol–water partition coefficient (Wildman–Crippen LogP) is 1.89. The van der Waals surface area contributed by atoms with Crippen molar-refractivity contribution in [1.82, 2.24) is 9.97 Å². The second-order valence-corrected chi connectivity index (χ2v) is 3.85. The molecule has 0 radical (unpaired) electrons. The third kappa shape index (κ3) is 6.35. The van der Waals surface area contributed by atoms with Crippen LogP contribution in [0, 0.1) is 0 Å². The van der Waals surface area contributed by atoms with Crippen LogP contribution >= 0.6 is 0 Å². The van der Waals surface area contributed by atoms with E-state index < -0.39 is 0 Å². The Bertz CT molecular complexity index is 360. The van der Waals surface area contributed by atoms with E-state index in [2.05, 4.69) is 20.6 Å². The van der Waals surface area contributed by atoms with Gasteiger partial charge in [-0.2, -0.15) is 0 Å². The second kappa shape index (κ2) is 9.52. The van der Waals surface area contributed by atoms with Crippen molar-refractivity contribution in [2.24, 2.45) is 0 Å². The van der Waals surface area contributed by atoms with Crippen molar-refractivity contribution < 1.29 is 9.47 Å². The first-order chi connectivity index (χ1) is 9.30. The Kier molecular flexibility index (Phi) is 7.84. The summed E-state index contributed by atoms with van der Waals surface area (Å²) in [6, 6.07) is 1.89. The third-order valence-corrected chi connectivity index (χ3v) is 2.32. The first kappa shape index (κ1) is 15.7. The third-order valence-electron chi connectivity index (χ3n) is 2.32. The van der Waals surface area contributed by atoms with Gasteiger partial charge in [0.1, 0.15) is 18.2 Å². The van der Waals surface area contributed by atoms with Crippen molar-refractivity contribution in [2.45, 2.75) is 27.4 Å². The number of hydrogen-bond acceptors (Lipinski definition) is 6. The Labute approximate surface area is 114 Å². The maximum atomic E-state index is 5.35. The summed E-state index contributed by atoms with van der Waals surface area (Å²) in [5.41, 5.74) is 0. The number of nitrogens with one attached hydrogen (secondary N) is 2. The second-order valence-electron chi connectivity index (χ2n) is 3.85. The highest BCUT2D eigenvalue weighted by Gasteiger charge is 2.04. The zero-order valence-electron chi connectivity index (χ0n) is 12.0. The topological polar surface area (TPSA) is 68.3 Å². The summed E-state index contributed by atoms with van der Waals surface area (Å²) in [5, 5.41) is 6.41. The lowest BCUT2D eigenvalue weighted by molar-refractivity contribution is 0.128. The fourth-order valence-corrected chi connectivity index (χ4v) is 1.51. The van der Waals surface area contributed by atoms with E-state index >= 15 is 0 Å². The van der Waals surface area contributed by atoms with Crippen LogP contribution in [0.3, 0.4) is 0 Å². The Morgan fingerprint density at radius 1 is 1.00 bits per heavy atom. The van der Waals surface area contributed by atoms with Crippen molar-refractivity contribution in [3.8, 4) is 0 Å². The highest BCUT2D eigenvalue weighted by molar-refractivity contribution is 5.47.